The van der Waals surface area contributed by atoms with Crippen molar-refractivity contribution in [3.8, 4) is 5.75 Å². The van der Waals surface area contributed by atoms with Crippen molar-refractivity contribution < 1.29 is 4.74 Å². The molecule has 1 heterocycles. The Morgan fingerprint density at radius 1 is 1.42 bits per heavy atom. The first-order valence-electron chi connectivity index (χ1n) is 7.01. The predicted octanol–water partition coefficient (Wildman–Crippen LogP) is 2.78. The molecule has 0 aliphatic carbocycles. The van der Waals surface area contributed by atoms with Gasteiger partial charge in [-0.25, -0.2) is 0 Å². The minimum atomic E-state index is 0.315. The van der Waals surface area contributed by atoms with Crippen LogP contribution in [0.4, 0.5) is 0 Å². The van der Waals surface area contributed by atoms with Crippen LogP contribution in [-0.4, -0.2) is 37.2 Å². The van der Waals surface area contributed by atoms with Crippen molar-refractivity contribution in [2.75, 3.05) is 26.2 Å². The molecular weight excluding hydrogens is 260 g/mol. The van der Waals surface area contributed by atoms with Crippen molar-refractivity contribution in [1.29, 1.82) is 0 Å². The van der Waals surface area contributed by atoms with E-state index in [9.17, 15) is 0 Å². The summed E-state index contributed by atoms with van der Waals surface area (Å²) in [5.41, 5.74) is 5.94. The maximum absolute atomic E-state index is 5.94. The van der Waals surface area contributed by atoms with Gasteiger partial charge in [0.25, 0.3) is 0 Å². The van der Waals surface area contributed by atoms with E-state index in [0.717, 1.165) is 36.9 Å². The van der Waals surface area contributed by atoms with Crippen LogP contribution in [0, 0.1) is 5.92 Å². The Balaban J connectivity index is 1.61. The zero-order chi connectivity index (χ0) is 13.7. The second kappa shape index (κ2) is 7.13. The average molecular weight is 283 g/mol. The minimum Gasteiger partial charge on any atom is -0.494 e. The summed E-state index contributed by atoms with van der Waals surface area (Å²) in [6.07, 6.45) is 2.28. The van der Waals surface area contributed by atoms with E-state index in [0.29, 0.717) is 12.0 Å². The zero-order valence-corrected chi connectivity index (χ0v) is 12.3. The maximum atomic E-state index is 5.94. The van der Waals surface area contributed by atoms with Crippen molar-refractivity contribution in [2.24, 2.45) is 11.7 Å². The van der Waals surface area contributed by atoms with Gasteiger partial charge in [-0.2, -0.15) is 0 Å². The molecule has 1 aliphatic heterocycles. The van der Waals surface area contributed by atoms with Crippen LogP contribution in [0.25, 0.3) is 0 Å². The van der Waals surface area contributed by atoms with Crippen LogP contribution >= 0.6 is 11.6 Å². The number of hydrogen-bond donors (Lipinski definition) is 1. The van der Waals surface area contributed by atoms with Crippen LogP contribution in [0.1, 0.15) is 19.8 Å². The number of rotatable bonds is 6. The van der Waals surface area contributed by atoms with Gasteiger partial charge in [-0.05, 0) is 56.5 Å². The molecule has 2 rings (SSSR count). The molecule has 4 heteroatoms. The molecule has 1 fully saturated rings. The summed E-state index contributed by atoms with van der Waals surface area (Å²) in [4.78, 5) is 2.49. The topological polar surface area (TPSA) is 38.5 Å². The third kappa shape index (κ3) is 4.68. The maximum Gasteiger partial charge on any atom is 0.119 e. The molecule has 0 bridgehead atoms. The smallest absolute Gasteiger partial charge is 0.119 e. The Kier molecular flexibility index (Phi) is 5.49. The number of nitrogens with two attached hydrogens (primary N) is 1. The van der Waals surface area contributed by atoms with E-state index in [4.69, 9.17) is 22.1 Å². The number of halogens is 1. The highest BCUT2D eigenvalue weighted by atomic mass is 35.5. The van der Waals surface area contributed by atoms with Gasteiger partial charge in [-0.3, -0.25) is 0 Å². The van der Waals surface area contributed by atoms with Gasteiger partial charge in [0.1, 0.15) is 5.75 Å². The van der Waals surface area contributed by atoms with Crippen molar-refractivity contribution in [1.82, 2.24) is 4.90 Å². The fourth-order valence-corrected chi connectivity index (χ4v) is 2.63. The summed E-state index contributed by atoms with van der Waals surface area (Å²) < 4.78 is 5.69. The number of nitrogens with zero attached hydrogens (tertiary/aromatic N) is 1. The van der Waals surface area contributed by atoms with Gasteiger partial charge in [0.05, 0.1) is 6.61 Å². The van der Waals surface area contributed by atoms with Crippen LogP contribution in [-0.2, 0) is 0 Å². The summed E-state index contributed by atoms with van der Waals surface area (Å²) in [6.45, 7) is 6.27. The first-order chi connectivity index (χ1) is 9.15. The molecule has 1 saturated heterocycles. The third-order valence-corrected chi connectivity index (χ3v) is 4.01. The van der Waals surface area contributed by atoms with E-state index < -0.39 is 0 Å². The van der Waals surface area contributed by atoms with Gasteiger partial charge in [0.15, 0.2) is 0 Å². The quantitative estimate of drug-likeness (QED) is 0.816. The van der Waals surface area contributed by atoms with E-state index in [1.54, 1.807) is 0 Å². The molecule has 1 aromatic rings. The Labute approximate surface area is 120 Å². The van der Waals surface area contributed by atoms with E-state index in [-0.39, 0.29) is 0 Å². The molecule has 0 saturated carbocycles. The molecule has 3 nitrogen and oxygen atoms in total. The molecule has 2 atom stereocenters. The van der Waals surface area contributed by atoms with Crippen molar-refractivity contribution in [2.45, 2.75) is 25.8 Å². The second-order valence-corrected chi connectivity index (χ2v) is 5.80. The molecule has 2 unspecified atom stereocenters. The lowest BCUT2D eigenvalue weighted by molar-refractivity contribution is 0.256. The van der Waals surface area contributed by atoms with Crippen LogP contribution in [0.15, 0.2) is 24.3 Å². The van der Waals surface area contributed by atoms with E-state index in [2.05, 4.69) is 11.8 Å². The van der Waals surface area contributed by atoms with Gasteiger partial charge in [-0.15, -0.1) is 0 Å². The summed E-state index contributed by atoms with van der Waals surface area (Å²) >= 11 is 5.83. The van der Waals surface area contributed by atoms with Crippen LogP contribution in [0.3, 0.4) is 0 Å². The Hall–Kier alpha value is -0.770. The molecule has 0 amide bonds. The van der Waals surface area contributed by atoms with Crippen molar-refractivity contribution >= 4 is 11.6 Å². The standard InChI is InChI=1S/C15H23ClN2O/c1-12(17)13-7-9-18(11-13)8-2-10-19-15-5-3-14(16)4-6-15/h3-6,12-13H,2,7-11,17H2,1H3. The average Bonchev–Trinajstić information content (AvgIpc) is 2.86. The van der Waals surface area contributed by atoms with Gasteiger partial charge in [0, 0.05) is 24.2 Å². The third-order valence-electron chi connectivity index (χ3n) is 3.75. The van der Waals surface area contributed by atoms with E-state index in [1.807, 2.05) is 24.3 Å². The Morgan fingerprint density at radius 2 is 2.16 bits per heavy atom. The molecule has 2 N–H and O–H groups in total. The minimum absolute atomic E-state index is 0.315. The lowest BCUT2D eigenvalue weighted by Crippen LogP contribution is -2.30. The second-order valence-electron chi connectivity index (χ2n) is 5.36. The zero-order valence-electron chi connectivity index (χ0n) is 11.5. The molecular formula is C15H23ClN2O. The molecule has 0 aromatic heterocycles. The number of benzene rings is 1. The lowest BCUT2D eigenvalue weighted by atomic mass is 10.0. The first kappa shape index (κ1) is 14.6. The fraction of sp³-hybridized carbons (Fsp3) is 0.600. The van der Waals surface area contributed by atoms with Crippen molar-refractivity contribution in [3.05, 3.63) is 29.3 Å². The number of ether oxygens (including phenoxy) is 1. The van der Waals surface area contributed by atoms with Gasteiger partial charge in [-0.1, -0.05) is 11.6 Å². The molecule has 1 aliphatic rings. The summed E-state index contributed by atoms with van der Waals surface area (Å²) in [5, 5.41) is 0.742. The SMILES string of the molecule is CC(N)C1CCN(CCCOc2ccc(Cl)cc2)C1. The molecule has 0 spiro atoms. The van der Waals surface area contributed by atoms with Crippen molar-refractivity contribution in [3.63, 3.8) is 0 Å². The number of likely N-dealkylation sites (tertiary alicyclic amines) is 1. The van der Waals surface area contributed by atoms with Crippen LogP contribution in [0.2, 0.25) is 5.02 Å². The summed E-state index contributed by atoms with van der Waals surface area (Å²) in [6, 6.07) is 7.83. The van der Waals surface area contributed by atoms with Gasteiger partial charge in [0.2, 0.25) is 0 Å². The Morgan fingerprint density at radius 3 is 2.79 bits per heavy atom. The van der Waals surface area contributed by atoms with Gasteiger partial charge >= 0.3 is 0 Å². The fourth-order valence-electron chi connectivity index (χ4n) is 2.50. The predicted molar refractivity (Wildman–Crippen MR) is 79.8 cm³/mol. The van der Waals surface area contributed by atoms with E-state index >= 15 is 0 Å². The molecule has 19 heavy (non-hydrogen) atoms. The monoisotopic (exact) mass is 282 g/mol. The van der Waals surface area contributed by atoms with E-state index in [1.165, 1.54) is 13.0 Å². The highest BCUT2D eigenvalue weighted by Crippen LogP contribution is 2.19. The molecule has 0 radical (unpaired) electrons. The highest BCUT2D eigenvalue weighted by molar-refractivity contribution is 6.30. The van der Waals surface area contributed by atoms with Gasteiger partial charge < -0.3 is 15.4 Å². The normalized spacial score (nSPS) is 21.5. The highest BCUT2D eigenvalue weighted by Gasteiger charge is 2.24. The summed E-state index contributed by atoms with van der Waals surface area (Å²) in [5.74, 6) is 1.55. The lowest BCUT2D eigenvalue weighted by Gasteiger charge is -2.17. The van der Waals surface area contributed by atoms with Crippen LogP contribution in [0.5, 0.6) is 5.75 Å². The summed E-state index contributed by atoms with van der Waals surface area (Å²) in [7, 11) is 0. The molecule has 1 aromatic carbocycles. The van der Waals surface area contributed by atoms with Crippen LogP contribution < -0.4 is 10.5 Å². The number of hydrogen-bond acceptors (Lipinski definition) is 3. The molecule has 106 valence electrons. The Bertz CT molecular complexity index is 380. The largest absolute Gasteiger partial charge is 0.494 e. The first-order valence-corrected chi connectivity index (χ1v) is 7.39.